The molecule has 0 spiro atoms. The van der Waals surface area contributed by atoms with Crippen molar-refractivity contribution in [1.29, 1.82) is 0 Å². The van der Waals surface area contributed by atoms with Crippen LogP contribution >= 0.6 is 0 Å². The van der Waals surface area contributed by atoms with Gasteiger partial charge in [0.25, 0.3) is 0 Å². The Morgan fingerprint density at radius 2 is 1.00 bits per heavy atom. The number of carbonyl (C=O) groups is 6. The molecule has 3 amide bonds. The molecule has 1 aliphatic rings. The zero-order valence-corrected chi connectivity index (χ0v) is 35.6. The number of benzene rings is 4. The van der Waals surface area contributed by atoms with Crippen LogP contribution in [0.5, 0.6) is 0 Å². The van der Waals surface area contributed by atoms with Crippen molar-refractivity contribution in [1.82, 2.24) is 16.0 Å². The maximum Gasteiger partial charge on any atom is 0.408 e. The van der Waals surface area contributed by atoms with Crippen LogP contribution in [-0.2, 0) is 56.1 Å². The molecule has 2 unspecified atom stereocenters. The summed E-state index contributed by atoms with van der Waals surface area (Å²) in [6.45, 7) is 6.66. The summed E-state index contributed by atoms with van der Waals surface area (Å²) in [4.78, 5) is 79.1. The van der Waals surface area contributed by atoms with E-state index in [0.717, 1.165) is 33.4 Å². The Morgan fingerprint density at radius 1 is 0.548 bits per heavy atom. The predicted octanol–water partition coefficient (Wildman–Crippen LogP) is 7.27. The first-order valence-corrected chi connectivity index (χ1v) is 20.8. The van der Waals surface area contributed by atoms with Gasteiger partial charge in [0.1, 0.15) is 43.5 Å². The second-order valence-corrected chi connectivity index (χ2v) is 15.7. The van der Waals surface area contributed by atoms with Crippen molar-refractivity contribution in [3.05, 3.63) is 131 Å². The van der Waals surface area contributed by atoms with Crippen LogP contribution in [0.15, 0.2) is 109 Å². The summed E-state index contributed by atoms with van der Waals surface area (Å²) >= 11 is 0. The van der Waals surface area contributed by atoms with Crippen LogP contribution in [0.1, 0.15) is 88.0 Å². The molecule has 4 aromatic rings. The molecule has 1 aliphatic carbocycles. The third kappa shape index (κ3) is 14.2. The monoisotopic (exact) mass is 849 g/mol. The van der Waals surface area contributed by atoms with E-state index in [-0.39, 0.29) is 64.4 Å². The Hall–Kier alpha value is -6.70. The van der Waals surface area contributed by atoms with Crippen molar-refractivity contribution in [2.24, 2.45) is 0 Å². The molecule has 14 nitrogen and oxygen atoms in total. The van der Waals surface area contributed by atoms with Gasteiger partial charge >= 0.3 is 30.1 Å². The van der Waals surface area contributed by atoms with Gasteiger partial charge in [-0.1, -0.05) is 109 Å². The summed E-state index contributed by atoms with van der Waals surface area (Å²) in [5.41, 5.74) is 4.81. The van der Waals surface area contributed by atoms with E-state index in [0.29, 0.717) is 0 Å². The van der Waals surface area contributed by atoms with E-state index in [1.807, 2.05) is 72.8 Å². The van der Waals surface area contributed by atoms with Crippen molar-refractivity contribution in [2.45, 2.75) is 103 Å². The van der Waals surface area contributed by atoms with Gasteiger partial charge in [-0.15, -0.1) is 0 Å². The third-order valence-corrected chi connectivity index (χ3v) is 9.90. The maximum atomic E-state index is 13.5. The van der Waals surface area contributed by atoms with Crippen LogP contribution < -0.4 is 16.0 Å². The first-order valence-electron chi connectivity index (χ1n) is 20.8. The Morgan fingerprint density at radius 3 is 1.52 bits per heavy atom. The van der Waals surface area contributed by atoms with Crippen LogP contribution in [0.2, 0.25) is 0 Å². The summed E-state index contributed by atoms with van der Waals surface area (Å²) in [7, 11) is 0. The molecule has 62 heavy (non-hydrogen) atoms. The van der Waals surface area contributed by atoms with E-state index in [9.17, 15) is 28.8 Å². The number of esters is 3. The minimum absolute atomic E-state index is 0.0110. The van der Waals surface area contributed by atoms with Gasteiger partial charge < -0.3 is 39.6 Å². The molecule has 0 aliphatic heterocycles. The summed E-state index contributed by atoms with van der Waals surface area (Å²) in [5, 5.41) is 7.83. The quantitative estimate of drug-likeness (QED) is 0.0600. The van der Waals surface area contributed by atoms with Crippen LogP contribution in [0.25, 0.3) is 11.1 Å². The molecule has 14 heteroatoms. The normalized spacial score (nSPS) is 13.2. The molecule has 0 bridgehead atoms. The van der Waals surface area contributed by atoms with Crippen molar-refractivity contribution in [2.75, 3.05) is 13.2 Å². The summed E-state index contributed by atoms with van der Waals surface area (Å²) in [5.74, 6) is -3.01. The highest BCUT2D eigenvalue weighted by atomic mass is 16.6. The lowest BCUT2D eigenvalue weighted by atomic mass is 9.98. The molecule has 0 heterocycles. The Labute approximate surface area is 362 Å². The fourth-order valence-corrected chi connectivity index (χ4v) is 6.95. The van der Waals surface area contributed by atoms with Gasteiger partial charge in [0.05, 0.1) is 6.61 Å². The molecule has 0 saturated carbocycles. The van der Waals surface area contributed by atoms with Crippen LogP contribution in [0.3, 0.4) is 0 Å². The zero-order valence-electron chi connectivity index (χ0n) is 35.6. The lowest BCUT2D eigenvalue weighted by Gasteiger charge is -2.24. The Balaban J connectivity index is 1.21. The first-order chi connectivity index (χ1) is 29.8. The number of hydrogen-bond acceptors (Lipinski definition) is 11. The molecule has 5 rings (SSSR count). The number of ether oxygens (including phenoxy) is 5. The van der Waals surface area contributed by atoms with E-state index in [2.05, 4.69) is 16.0 Å². The van der Waals surface area contributed by atoms with Crippen LogP contribution in [0, 0.1) is 0 Å². The standard InChI is InChI=1S/C48H55N3O11/c1-5-58-43(53)41(50-46(56)61-31-38-36-23-14-12-21-34(36)35-22-13-15-24-37(35)38)27-28-42(52)49-39(44(54)59-29-32-17-8-6-9-18-32)25-16-26-40(51-47(57)62-48(2,3)4)45(55)60-30-33-19-10-7-11-20-33/h6-15,17-24,38-41H,5,16,25-31H2,1-4H3,(H,49,52)(H,50,56)(H,51,57)/t39?,40?,41-/m1/s1. The molecule has 4 aromatic carbocycles. The fourth-order valence-electron chi connectivity index (χ4n) is 6.95. The Kier molecular flexibility index (Phi) is 17.0. The van der Waals surface area contributed by atoms with Crippen molar-refractivity contribution in [3.63, 3.8) is 0 Å². The van der Waals surface area contributed by atoms with Crippen LogP contribution in [-0.4, -0.2) is 72.9 Å². The van der Waals surface area contributed by atoms with Gasteiger partial charge in [-0.2, -0.15) is 0 Å². The van der Waals surface area contributed by atoms with Gasteiger partial charge in [-0.25, -0.2) is 24.0 Å². The van der Waals surface area contributed by atoms with Crippen molar-refractivity contribution >= 4 is 36.0 Å². The molecule has 0 saturated heterocycles. The predicted molar refractivity (Wildman–Crippen MR) is 229 cm³/mol. The fraction of sp³-hybridized carbons (Fsp3) is 0.375. The third-order valence-electron chi connectivity index (χ3n) is 9.90. The van der Waals surface area contributed by atoms with Crippen molar-refractivity contribution < 1.29 is 52.5 Å². The van der Waals surface area contributed by atoms with E-state index in [1.54, 1.807) is 64.1 Å². The lowest BCUT2D eigenvalue weighted by molar-refractivity contribution is -0.150. The number of alkyl carbamates (subject to hydrolysis) is 2. The topological polar surface area (TPSA) is 185 Å². The van der Waals surface area contributed by atoms with Gasteiger partial charge in [0, 0.05) is 12.3 Å². The average molecular weight is 850 g/mol. The molecule has 0 radical (unpaired) electrons. The number of amides is 3. The van der Waals surface area contributed by atoms with Gasteiger partial charge in [-0.05, 0) is 86.8 Å². The minimum atomic E-state index is -1.23. The SMILES string of the molecule is CCOC(=O)[C@@H](CCC(=O)NC(CCCC(NC(=O)OC(C)(C)C)C(=O)OCc1ccccc1)C(=O)OCc1ccccc1)NC(=O)OCC1c2ccccc2-c2ccccc21. The smallest absolute Gasteiger partial charge is 0.408 e. The van der Waals surface area contributed by atoms with E-state index in [4.69, 9.17) is 23.7 Å². The number of hydrogen-bond donors (Lipinski definition) is 3. The zero-order chi connectivity index (χ0) is 44.5. The minimum Gasteiger partial charge on any atom is -0.464 e. The van der Waals surface area contributed by atoms with Crippen LogP contribution in [0.4, 0.5) is 9.59 Å². The van der Waals surface area contributed by atoms with Gasteiger partial charge in [-0.3, -0.25) is 4.79 Å². The van der Waals surface area contributed by atoms with Gasteiger partial charge in [0.2, 0.25) is 5.91 Å². The molecule has 0 aromatic heterocycles. The highest BCUT2D eigenvalue weighted by Crippen LogP contribution is 2.44. The number of carbonyl (C=O) groups excluding carboxylic acids is 6. The molecule has 328 valence electrons. The number of rotatable bonds is 20. The maximum absolute atomic E-state index is 13.5. The highest BCUT2D eigenvalue weighted by molar-refractivity contribution is 5.86. The molecule has 3 N–H and O–H groups in total. The highest BCUT2D eigenvalue weighted by Gasteiger charge is 2.32. The second kappa shape index (κ2) is 22.8. The number of nitrogens with one attached hydrogen (secondary N) is 3. The molecular weight excluding hydrogens is 795 g/mol. The van der Waals surface area contributed by atoms with E-state index >= 15 is 0 Å². The number of fused-ring (bicyclic) bond motifs is 3. The largest absolute Gasteiger partial charge is 0.464 e. The summed E-state index contributed by atoms with van der Waals surface area (Å²) < 4.78 is 27.3. The van der Waals surface area contributed by atoms with Crippen molar-refractivity contribution in [3.8, 4) is 11.1 Å². The first kappa shape index (κ1) is 46.4. The lowest BCUT2D eigenvalue weighted by Crippen LogP contribution is -2.46. The van der Waals surface area contributed by atoms with E-state index < -0.39 is 59.7 Å². The molecule has 3 atom stereocenters. The van der Waals surface area contributed by atoms with Gasteiger partial charge in [0.15, 0.2) is 0 Å². The van der Waals surface area contributed by atoms with E-state index in [1.165, 1.54) is 0 Å². The summed E-state index contributed by atoms with van der Waals surface area (Å²) in [6, 6.07) is 30.3. The summed E-state index contributed by atoms with van der Waals surface area (Å²) in [6.07, 6.45) is -1.95. The second-order valence-electron chi connectivity index (χ2n) is 15.7. The average Bonchev–Trinajstić information content (AvgIpc) is 3.58. The molecule has 0 fully saturated rings. The molecular formula is C48H55N3O11. The Bertz CT molecular complexity index is 2090.